The lowest BCUT2D eigenvalue weighted by Crippen LogP contribution is -2.19. The first-order chi connectivity index (χ1) is 11.0. The van der Waals surface area contributed by atoms with E-state index < -0.39 is 17.7 Å². The number of amides is 1. The lowest BCUT2D eigenvalue weighted by Gasteiger charge is -2.10. The first kappa shape index (κ1) is 14.7. The molecule has 0 fully saturated rings. The van der Waals surface area contributed by atoms with Crippen molar-refractivity contribution in [3.05, 3.63) is 66.4 Å². The Morgan fingerprint density at radius 1 is 1.09 bits per heavy atom. The van der Waals surface area contributed by atoms with Crippen LogP contribution in [-0.4, -0.2) is 15.8 Å². The van der Waals surface area contributed by atoms with Crippen LogP contribution >= 0.6 is 0 Å². The third kappa shape index (κ3) is 3.03. The van der Waals surface area contributed by atoms with Crippen molar-refractivity contribution in [3.63, 3.8) is 0 Å². The zero-order valence-corrected chi connectivity index (χ0v) is 11.7. The zero-order valence-electron chi connectivity index (χ0n) is 11.7. The van der Waals surface area contributed by atoms with Crippen LogP contribution < -0.4 is 10.5 Å². The fraction of sp³-hybridized carbons (Fsp3) is 0. The lowest BCUT2D eigenvalue weighted by atomic mass is 10.1. The van der Waals surface area contributed by atoms with Crippen LogP contribution in [-0.2, 0) is 0 Å². The average molecular weight is 315 g/mol. The van der Waals surface area contributed by atoms with Gasteiger partial charge in [0.2, 0.25) is 0 Å². The summed E-state index contributed by atoms with van der Waals surface area (Å²) in [5.41, 5.74) is 6.12. The number of rotatable bonds is 3. The SMILES string of the molecule is NC(=O)n1ccc(-c2ccccc2Oc2ccc(F)cc2F)n1. The number of carbonyl (C=O) groups is 1. The number of nitrogens with zero attached hydrogens (tertiary/aromatic N) is 2. The van der Waals surface area contributed by atoms with Gasteiger partial charge >= 0.3 is 6.03 Å². The quantitative estimate of drug-likeness (QED) is 0.803. The molecule has 0 bridgehead atoms. The number of halogens is 2. The maximum absolute atomic E-state index is 13.7. The zero-order chi connectivity index (χ0) is 16.4. The van der Waals surface area contributed by atoms with Crippen molar-refractivity contribution in [3.8, 4) is 22.8 Å². The maximum Gasteiger partial charge on any atom is 0.339 e. The smallest absolute Gasteiger partial charge is 0.339 e. The number of primary amides is 1. The molecule has 3 aromatic rings. The van der Waals surface area contributed by atoms with Gasteiger partial charge in [-0.3, -0.25) is 0 Å². The van der Waals surface area contributed by atoms with E-state index in [-0.39, 0.29) is 5.75 Å². The van der Waals surface area contributed by atoms with Gasteiger partial charge in [0.15, 0.2) is 11.6 Å². The summed E-state index contributed by atoms with van der Waals surface area (Å²) in [6.45, 7) is 0. The normalized spacial score (nSPS) is 10.5. The topological polar surface area (TPSA) is 70.1 Å². The van der Waals surface area contributed by atoms with Crippen molar-refractivity contribution < 1.29 is 18.3 Å². The molecule has 7 heteroatoms. The van der Waals surface area contributed by atoms with Gasteiger partial charge in [0, 0.05) is 17.8 Å². The van der Waals surface area contributed by atoms with E-state index in [4.69, 9.17) is 10.5 Å². The van der Waals surface area contributed by atoms with Crippen LogP contribution in [0.3, 0.4) is 0 Å². The standard InChI is InChI=1S/C16H11F2N3O2/c17-10-5-6-15(12(18)9-10)23-14-4-2-1-3-11(14)13-7-8-21(20-13)16(19)22/h1-9H,(H2,19,22). The number of carbonyl (C=O) groups excluding carboxylic acids is 1. The van der Waals surface area contributed by atoms with Crippen molar-refractivity contribution in [2.45, 2.75) is 0 Å². The minimum Gasteiger partial charge on any atom is -0.454 e. The van der Waals surface area contributed by atoms with Crippen molar-refractivity contribution in [2.75, 3.05) is 0 Å². The van der Waals surface area contributed by atoms with Gasteiger partial charge in [-0.15, -0.1) is 0 Å². The van der Waals surface area contributed by atoms with Gasteiger partial charge in [0.05, 0.1) is 5.69 Å². The first-order valence-electron chi connectivity index (χ1n) is 6.62. The molecular weight excluding hydrogens is 304 g/mol. The molecule has 1 aromatic heterocycles. The highest BCUT2D eigenvalue weighted by molar-refractivity contribution is 5.75. The van der Waals surface area contributed by atoms with Crippen molar-refractivity contribution in [1.29, 1.82) is 0 Å². The Morgan fingerprint density at radius 3 is 2.57 bits per heavy atom. The van der Waals surface area contributed by atoms with Gasteiger partial charge in [-0.25, -0.2) is 13.6 Å². The van der Waals surface area contributed by atoms with Crippen LogP contribution in [0.1, 0.15) is 0 Å². The van der Waals surface area contributed by atoms with Crippen LogP contribution in [0.5, 0.6) is 11.5 Å². The Morgan fingerprint density at radius 2 is 1.87 bits per heavy atom. The second-order valence-corrected chi connectivity index (χ2v) is 4.66. The molecule has 23 heavy (non-hydrogen) atoms. The summed E-state index contributed by atoms with van der Waals surface area (Å²) in [6, 6.07) is 10.6. The monoisotopic (exact) mass is 315 g/mol. The lowest BCUT2D eigenvalue weighted by molar-refractivity contribution is 0.248. The fourth-order valence-corrected chi connectivity index (χ4v) is 2.03. The third-order valence-corrected chi connectivity index (χ3v) is 3.09. The molecule has 0 saturated heterocycles. The second-order valence-electron chi connectivity index (χ2n) is 4.66. The molecule has 0 aliphatic carbocycles. The molecule has 116 valence electrons. The largest absolute Gasteiger partial charge is 0.454 e. The van der Waals surface area contributed by atoms with E-state index >= 15 is 0 Å². The van der Waals surface area contributed by atoms with Crippen LogP contribution in [0.25, 0.3) is 11.3 Å². The molecule has 0 saturated carbocycles. The van der Waals surface area contributed by atoms with E-state index in [0.29, 0.717) is 17.0 Å². The summed E-state index contributed by atoms with van der Waals surface area (Å²) in [4.78, 5) is 11.1. The van der Waals surface area contributed by atoms with E-state index in [0.717, 1.165) is 16.8 Å². The molecule has 3 rings (SSSR count). The average Bonchev–Trinajstić information content (AvgIpc) is 3.00. The molecule has 0 atom stereocenters. The van der Waals surface area contributed by atoms with E-state index in [1.165, 1.54) is 12.3 Å². The highest BCUT2D eigenvalue weighted by atomic mass is 19.1. The summed E-state index contributed by atoms with van der Waals surface area (Å²) < 4.78 is 33.2. The molecule has 0 unspecified atom stereocenters. The van der Waals surface area contributed by atoms with E-state index in [9.17, 15) is 13.6 Å². The molecule has 5 nitrogen and oxygen atoms in total. The Kier molecular flexibility index (Phi) is 3.76. The molecule has 1 heterocycles. The molecule has 1 amide bonds. The highest BCUT2D eigenvalue weighted by Gasteiger charge is 2.13. The molecule has 2 N–H and O–H groups in total. The summed E-state index contributed by atoms with van der Waals surface area (Å²) in [7, 11) is 0. The van der Waals surface area contributed by atoms with Crippen LogP contribution in [0.15, 0.2) is 54.7 Å². The summed E-state index contributed by atoms with van der Waals surface area (Å²) >= 11 is 0. The minimum atomic E-state index is -0.817. The molecule has 0 radical (unpaired) electrons. The Bertz CT molecular complexity index is 877. The first-order valence-corrected chi connectivity index (χ1v) is 6.62. The number of hydrogen-bond donors (Lipinski definition) is 1. The maximum atomic E-state index is 13.7. The number of aromatic nitrogens is 2. The number of nitrogens with two attached hydrogens (primary N) is 1. The highest BCUT2D eigenvalue weighted by Crippen LogP contribution is 2.33. The molecule has 2 aromatic carbocycles. The number of ether oxygens (including phenoxy) is 1. The van der Waals surface area contributed by atoms with Gasteiger partial charge in [-0.05, 0) is 30.3 Å². The van der Waals surface area contributed by atoms with Gasteiger partial charge in [-0.1, -0.05) is 12.1 Å². The van der Waals surface area contributed by atoms with Gasteiger partial charge in [0.1, 0.15) is 11.6 Å². The predicted molar refractivity (Wildman–Crippen MR) is 79.1 cm³/mol. The molecule has 0 spiro atoms. The van der Waals surface area contributed by atoms with Crippen LogP contribution in [0.4, 0.5) is 13.6 Å². The molecule has 0 aliphatic rings. The van der Waals surface area contributed by atoms with Crippen molar-refractivity contribution in [1.82, 2.24) is 9.78 Å². The Balaban J connectivity index is 1.98. The van der Waals surface area contributed by atoms with Crippen LogP contribution in [0.2, 0.25) is 0 Å². The number of para-hydroxylation sites is 1. The minimum absolute atomic E-state index is 0.117. The molecule has 0 aliphatic heterocycles. The predicted octanol–water partition coefficient (Wildman–Crippen LogP) is 3.55. The van der Waals surface area contributed by atoms with Gasteiger partial charge in [-0.2, -0.15) is 9.78 Å². The van der Waals surface area contributed by atoms with Gasteiger partial charge < -0.3 is 10.5 Å². The summed E-state index contributed by atoms with van der Waals surface area (Å²) in [5, 5.41) is 4.03. The number of hydrogen-bond acceptors (Lipinski definition) is 3. The third-order valence-electron chi connectivity index (χ3n) is 3.09. The fourth-order valence-electron chi connectivity index (χ4n) is 2.03. The number of benzene rings is 2. The summed E-state index contributed by atoms with van der Waals surface area (Å²) in [5.74, 6) is -1.31. The Hall–Kier alpha value is -3.22. The molecular formula is C16H11F2N3O2. The van der Waals surface area contributed by atoms with Crippen LogP contribution in [0, 0.1) is 11.6 Å². The van der Waals surface area contributed by atoms with Crippen molar-refractivity contribution in [2.24, 2.45) is 5.73 Å². The summed E-state index contributed by atoms with van der Waals surface area (Å²) in [6.07, 6.45) is 1.41. The van der Waals surface area contributed by atoms with E-state index in [2.05, 4.69) is 5.10 Å². The van der Waals surface area contributed by atoms with Gasteiger partial charge in [0.25, 0.3) is 0 Å². The van der Waals surface area contributed by atoms with Crippen molar-refractivity contribution >= 4 is 6.03 Å². The van der Waals surface area contributed by atoms with E-state index in [1.54, 1.807) is 30.3 Å². The second kappa shape index (κ2) is 5.88. The Labute approximate surface area is 129 Å². The van der Waals surface area contributed by atoms with E-state index in [1.807, 2.05) is 0 Å².